The van der Waals surface area contributed by atoms with Crippen LogP contribution in [0.4, 0.5) is 0 Å². The van der Waals surface area contributed by atoms with Gasteiger partial charge in [0.15, 0.2) is 11.4 Å². The van der Waals surface area contributed by atoms with E-state index in [1.54, 1.807) is 46.9 Å². The van der Waals surface area contributed by atoms with E-state index in [0.29, 0.717) is 13.2 Å². The molecule has 0 fully saturated rings. The van der Waals surface area contributed by atoms with Gasteiger partial charge in [-0.15, -0.1) is 0 Å². The Morgan fingerprint density at radius 1 is 0.968 bits per heavy atom. The number of carboxylic acid groups (broad SMARTS) is 1. The summed E-state index contributed by atoms with van der Waals surface area (Å²) in [5.74, 6) is -1.50. The molecule has 31 heavy (non-hydrogen) atoms. The summed E-state index contributed by atoms with van der Waals surface area (Å²) in [5.41, 5.74) is -1.48. The van der Waals surface area contributed by atoms with Crippen molar-refractivity contribution in [1.82, 2.24) is 19.6 Å². The third-order valence-electron chi connectivity index (χ3n) is 3.08. The van der Waals surface area contributed by atoms with Gasteiger partial charge in [-0.1, -0.05) is 7.43 Å². The van der Waals surface area contributed by atoms with E-state index in [0.717, 1.165) is 0 Å². The minimum absolute atomic E-state index is 0. The number of hydrogen-bond acceptors (Lipinski definition) is 8. The summed E-state index contributed by atoms with van der Waals surface area (Å²) < 4.78 is 7.72. The number of nitrogens with zero attached hydrogens (tertiary/aromatic N) is 4. The molecule has 0 aliphatic rings. The zero-order chi connectivity index (χ0) is 21.5. The van der Waals surface area contributed by atoms with Gasteiger partial charge < -0.3 is 25.5 Å². The summed E-state index contributed by atoms with van der Waals surface area (Å²) in [7, 11) is 0. The number of ether oxygens (including phenoxy) is 1. The number of aromatic carboxylic acids is 1. The Hall–Kier alpha value is -2.16. The van der Waals surface area contributed by atoms with Crippen molar-refractivity contribution in [1.29, 1.82) is 0 Å². The van der Waals surface area contributed by atoms with Gasteiger partial charge >= 0.3 is 30.8 Å². The first-order valence-electron chi connectivity index (χ1n) is 8.73. The first-order chi connectivity index (χ1) is 12.8. The maximum atomic E-state index is 11.3. The molecule has 172 valence electrons. The molecule has 0 bridgehead atoms. The van der Waals surface area contributed by atoms with Crippen molar-refractivity contribution in [2.75, 3.05) is 6.61 Å². The van der Waals surface area contributed by atoms with Crippen LogP contribution >= 0.6 is 0 Å². The van der Waals surface area contributed by atoms with Crippen molar-refractivity contribution >= 4 is 11.9 Å². The van der Waals surface area contributed by atoms with Crippen LogP contribution in [0.1, 0.15) is 63.0 Å². The van der Waals surface area contributed by atoms with E-state index < -0.39 is 23.1 Å². The van der Waals surface area contributed by atoms with E-state index in [9.17, 15) is 19.8 Å². The van der Waals surface area contributed by atoms with Crippen LogP contribution in [0.5, 0.6) is 0 Å². The van der Waals surface area contributed by atoms with Crippen LogP contribution < -0.4 is 18.9 Å². The fourth-order valence-electron chi connectivity index (χ4n) is 2.12. The molecule has 12 heteroatoms. The second-order valence-electron chi connectivity index (χ2n) is 7.45. The van der Waals surface area contributed by atoms with Crippen molar-refractivity contribution in [2.45, 2.75) is 66.3 Å². The fourth-order valence-corrected chi connectivity index (χ4v) is 2.12. The topological polar surface area (TPSA) is 170 Å². The molecule has 0 spiro atoms. The first kappa shape index (κ1) is 33.5. The molecule has 2 aromatic rings. The van der Waals surface area contributed by atoms with Crippen molar-refractivity contribution in [2.24, 2.45) is 0 Å². The summed E-state index contributed by atoms with van der Waals surface area (Å²) >= 11 is 0. The molecule has 11 nitrogen and oxygen atoms in total. The van der Waals surface area contributed by atoms with Gasteiger partial charge in [-0.25, -0.2) is 9.59 Å². The molecule has 0 amide bonds. The largest absolute Gasteiger partial charge is 1.00 e. The van der Waals surface area contributed by atoms with Crippen LogP contribution in [0.15, 0.2) is 24.5 Å². The molecule has 0 aromatic carbocycles. The number of carbonyl (C=O) groups excluding carboxylic acids is 1. The molecule has 2 heterocycles. The first-order valence-corrected chi connectivity index (χ1v) is 8.73. The van der Waals surface area contributed by atoms with E-state index in [1.165, 1.54) is 21.6 Å². The monoisotopic (exact) mass is 436 g/mol. The zero-order valence-corrected chi connectivity index (χ0v) is 18.2. The number of aliphatic hydroxyl groups is 2. The van der Waals surface area contributed by atoms with Crippen molar-refractivity contribution in [3.63, 3.8) is 0 Å². The van der Waals surface area contributed by atoms with E-state index in [2.05, 4.69) is 10.2 Å². The van der Waals surface area contributed by atoms with Crippen molar-refractivity contribution in [3.05, 3.63) is 35.9 Å². The summed E-state index contributed by atoms with van der Waals surface area (Å²) in [4.78, 5) is 21.7. The van der Waals surface area contributed by atoms with Gasteiger partial charge in [0.05, 0.1) is 30.9 Å². The van der Waals surface area contributed by atoms with Gasteiger partial charge in [-0.2, -0.15) is 10.2 Å². The van der Waals surface area contributed by atoms with Gasteiger partial charge in [0, 0.05) is 12.4 Å². The van der Waals surface area contributed by atoms with Gasteiger partial charge in [0.25, 0.3) is 0 Å². The smallest absolute Gasteiger partial charge is 0.870 e. The van der Waals surface area contributed by atoms with Gasteiger partial charge in [0.1, 0.15) is 0 Å². The zero-order valence-electron chi connectivity index (χ0n) is 18.2. The number of esters is 1. The average molecular weight is 436 g/mol. The van der Waals surface area contributed by atoms with E-state index in [4.69, 9.17) is 9.84 Å². The number of aromatic nitrogens is 4. The Kier molecular flexibility index (Phi) is 15.1. The Bertz CT molecular complexity index is 792. The second kappa shape index (κ2) is 14.0. The van der Waals surface area contributed by atoms with E-state index in [-0.39, 0.29) is 49.7 Å². The maximum absolute atomic E-state index is 11.3. The van der Waals surface area contributed by atoms with Gasteiger partial charge in [-0.3, -0.25) is 9.36 Å². The molecule has 0 aliphatic heterocycles. The molecule has 0 aliphatic carbocycles. The molecule has 2 aromatic heterocycles. The van der Waals surface area contributed by atoms with Crippen molar-refractivity contribution < 1.29 is 54.0 Å². The third kappa shape index (κ3) is 13.7. The van der Waals surface area contributed by atoms with Gasteiger partial charge in [0.2, 0.25) is 0 Å². The molecule has 0 atom stereocenters. The molecule has 0 unspecified atom stereocenters. The summed E-state index contributed by atoms with van der Waals surface area (Å²) in [6.45, 7) is 9.32. The minimum atomic E-state index is -1.06. The minimum Gasteiger partial charge on any atom is -0.870 e. The predicted octanol–water partition coefficient (Wildman–Crippen LogP) is -1.35. The molecule has 0 saturated heterocycles. The predicted molar refractivity (Wildman–Crippen MR) is 109 cm³/mol. The molecular formula is C19H33LiN4O7. The average Bonchev–Trinajstić information content (AvgIpc) is 3.14. The van der Waals surface area contributed by atoms with Crippen LogP contribution in [-0.4, -0.2) is 70.1 Å². The Morgan fingerprint density at radius 2 is 1.35 bits per heavy atom. The van der Waals surface area contributed by atoms with E-state index in [1.807, 2.05) is 0 Å². The van der Waals surface area contributed by atoms with E-state index >= 15 is 0 Å². The van der Waals surface area contributed by atoms with Crippen LogP contribution in [0.25, 0.3) is 0 Å². The van der Waals surface area contributed by atoms with Crippen LogP contribution in [0.3, 0.4) is 0 Å². The maximum Gasteiger partial charge on any atom is 1.00 e. The van der Waals surface area contributed by atoms with Crippen LogP contribution in [0, 0.1) is 0 Å². The molecule has 2 rings (SSSR count). The van der Waals surface area contributed by atoms with Crippen LogP contribution in [0.2, 0.25) is 0 Å². The molecule has 0 radical (unpaired) electrons. The number of carboxylic acids is 1. The summed E-state index contributed by atoms with van der Waals surface area (Å²) in [6.07, 6.45) is 3.17. The SMILES string of the molecule is C.CC(C)(O)Cn1ccc(C(=O)O)n1.CCOC(=O)c1ccn(CC(C)(C)O)n1.[Li+].[OH-]. The van der Waals surface area contributed by atoms with Crippen molar-refractivity contribution in [3.8, 4) is 0 Å². The standard InChI is InChI=1S/C10H16N2O3.C8H12N2O3.CH4.Li.H2O/c1-4-15-9(13)8-5-6-12(11-8)7-10(2,3)14;1-8(2,13)5-10-4-3-6(9-10)7(11)12;;;/h5-6,14H,4,7H2,1-3H3;3-4,13H,5H2,1-2H3,(H,11,12);1H4;;1H2/q;;;+1;/p-1. The number of hydrogen-bond donors (Lipinski definition) is 3. The normalized spacial score (nSPS) is 10.4. The summed E-state index contributed by atoms with van der Waals surface area (Å²) in [6, 6.07) is 2.97. The fraction of sp³-hybridized carbons (Fsp3) is 0.579. The Morgan fingerprint density at radius 3 is 1.68 bits per heavy atom. The van der Waals surface area contributed by atoms with Crippen LogP contribution in [-0.2, 0) is 17.8 Å². The number of carbonyl (C=O) groups is 2. The molecule has 0 saturated carbocycles. The number of rotatable bonds is 7. The summed E-state index contributed by atoms with van der Waals surface area (Å²) in [5, 5.41) is 35.3. The Labute approximate surface area is 194 Å². The molecule has 4 N–H and O–H groups in total. The Balaban J connectivity index is -0.000000465. The van der Waals surface area contributed by atoms with Gasteiger partial charge in [-0.05, 0) is 46.8 Å². The quantitative estimate of drug-likeness (QED) is 0.351. The third-order valence-corrected chi connectivity index (χ3v) is 3.08. The molecular weight excluding hydrogens is 403 g/mol. The second-order valence-corrected chi connectivity index (χ2v) is 7.45.